The van der Waals surface area contributed by atoms with Gasteiger partial charge in [-0.15, -0.1) is 0 Å². The lowest BCUT2D eigenvalue weighted by atomic mass is 9.93. The highest BCUT2D eigenvalue weighted by molar-refractivity contribution is 6.31. The maximum Gasteiger partial charge on any atom is 0.387 e. The Labute approximate surface area is 268 Å². The van der Waals surface area contributed by atoms with Gasteiger partial charge in [0.2, 0.25) is 5.91 Å². The second-order valence-electron chi connectivity index (χ2n) is 10.9. The highest BCUT2D eigenvalue weighted by Crippen LogP contribution is 2.38. The summed E-state index contributed by atoms with van der Waals surface area (Å²) in [7, 11) is 0. The normalized spacial score (nSPS) is 19.0. The number of carbonyl (C=O) groups excluding carboxylic acids is 2. The molecule has 0 saturated carbocycles. The first-order chi connectivity index (χ1) is 22.3. The van der Waals surface area contributed by atoms with Crippen molar-refractivity contribution in [3.05, 3.63) is 54.1 Å². The van der Waals surface area contributed by atoms with E-state index >= 15 is 0 Å². The Balaban J connectivity index is 1.32. The van der Waals surface area contributed by atoms with E-state index in [1.165, 1.54) is 22.9 Å². The lowest BCUT2D eigenvalue weighted by Crippen LogP contribution is -2.58. The Morgan fingerprint density at radius 2 is 2.02 bits per heavy atom. The maximum absolute atomic E-state index is 13.9. The Morgan fingerprint density at radius 1 is 1.20 bits per heavy atom. The van der Waals surface area contributed by atoms with E-state index in [9.17, 15) is 18.4 Å². The smallest absolute Gasteiger partial charge is 0.387 e. The molecule has 2 unspecified atom stereocenters. The zero-order valence-electron chi connectivity index (χ0n) is 25.0. The molecule has 0 spiro atoms. The summed E-state index contributed by atoms with van der Waals surface area (Å²) < 4.78 is 45.4. The number of hydrogen-bond acceptors (Lipinski definition) is 10. The molecular weight excluding hydrogens is 626 g/mol. The van der Waals surface area contributed by atoms with Crippen molar-refractivity contribution >= 4 is 40.5 Å². The molecule has 2 aliphatic heterocycles. The van der Waals surface area contributed by atoms with Crippen molar-refractivity contribution in [2.24, 2.45) is 5.92 Å². The van der Waals surface area contributed by atoms with Crippen LogP contribution in [-0.4, -0.2) is 98.3 Å². The number of alkyl halides is 2. The molecule has 0 radical (unpaired) electrons. The van der Waals surface area contributed by atoms with Crippen LogP contribution in [0.3, 0.4) is 0 Å². The highest BCUT2D eigenvalue weighted by Gasteiger charge is 2.39. The zero-order valence-corrected chi connectivity index (χ0v) is 25.8. The number of aromatic nitrogens is 5. The molecule has 1 amide bonds. The van der Waals surface area contributed by atoms with E-state index in [0.29, 0.717) is 69.3 Å². The number of ether oxygens (including phenoxy) is 3. The molecule has 2 fully saturated rings. The van der Waals surface area contributed by atoms with Gasteiger partial charge in [0.25, 0.3) is 0 Å². The van der Waals surface area contributed by atoms with E-state index < -0.39 is 6.61 Å². The highest BCUT2D eigenvalue weighted by atomic mass is 35.5. The van der Waals surface area contributed by atoms with Crippen molar-refractivity contribution in [2.75, 3.05) is 44.8 Å². The third-order valence-corrected chi connectivity index (χ3v) is 8.24. The van der Waals surface area contributed by atoms with Crippen molar-refractivity contribution in [3.8, 4) is 17.0 Å². The molecule has 1 aromatic carbocycles. The van der Waals surface area contributed by atoms with E-state index in [1.54, 1.807) is 47.2 Å². The summed E-state index contributed by atoms with van der Waals surface area (Å²) in [4.78, 5) is 34.9. The first-order valence-electron chi connectivity index (χ1n) is 15.0. The number of hydrogen-bond donors (Lipinski definition) is 1. The summed E-state index contributed by atoms with van der Waals surface area (Å²) in [5.41, 5.74) is 1.87. The number of nitrogens with one attached hydrogen (secondary N) is 1. The fraction of sp³-hybridized carbons (Fsp3) is 0.433. The molecular formula is C30H33ClF2N8O5. The second kappa shape index (κ2) is 14.0. The van der Waals surface area contributed by atoms with E-state index in [0.717, 1.165) is 0 Å². The van der Waals surface area contributed by atoms with Crippen LogP contribution in [0.4, 0.5) is 20.2 Å². The lowest BCUT2D eigenvalue weighted by molar-refractivity contribution is -0.158. The molecule has 2 atom stereocenters. The summed E-state index contributed by atoms with van der Waals surface area (Å²) in [5, 5.41) is 12.5. The van der Waals surface area contributed by atoms with Gasteiger partial charge >= 0.3 is 12.6 Å². The van der Waals surface area contributed by atoms with Crippen LogP contribution in [0.5, 0.6) is 5.75 Å². The molecule has 46 heavy (non-hydrogen) atoms. The number of halogens is 3. The fourth-order valence-electron chi connectivity index (χ4n) is 5.90. The monoisotopic (exact) mass is 658 g/mol. The van der Waals surface area contributed by atoms with Gasteiger partial charge in [0.05, 0.1) is 43.8 Å². The van der Waals surface area contributed by atoms with Crippen LogP contribution >= 0.6 is 11.6 Å². The van der Waals surface area contributed by atoms with Crippen LogP contribution in [0, 0.1) is 5.92 Å². The Bertz CT molecular complexity index is 1690. The number of anilines is 2. The van der Waals surface area contributed by atoms with Crippen LogP contribution < -0.4 is 10.1 Å². The molecule has 5 heterocycles. The van der Waals surface area contributed by atoms with Crippen molar-refractivity contribution in [1.82, 2.24) is 34.2 Å². The number of esters is 1. The number of morpholine rings is 1. The topological polar surface area (TPSA) is 128 Å². The third kappa shape index (κ3) is 6.90. The Kier molecular flexibility index (Phi) is 9.61. The maximum atomic E-state index is 13.9. The molecule has 3 aromatic heterocycles. The molecule has 2 saturated heterocycles. The molecule has 2 aliphatic rings. The molecule has 6 rings (SSSR count). The van der Waals surface area contributed by atoms with Gasteiger partial charge < -0.3 is 24.4 Å². The van der Waals surface area contributed by atoms with Gasteiger partial charge in [-0.25, -0.2) is 9.50 Å². The average Bonchev–Trinajstić information content (AvgIpc) is 3.65. The first kappa shape index (κ1) is 31.6. The van der Waals surface area contributed by atoms with E-state index in [-0.39, 0.29) is 52.5 Å². The standard InChI is InChI=1S/C30H33ClF2N8O5/c1-2-45-29(43)19-6-9-40(25(14-19)38-10-12-44-13-11-38)26(42)18-39-17-23(36-22-16-35-41-8-3-7-34-28(22)41)27(37-39)21-15-20(31)4-5-24(21)46-30(32)33/h3-5,7-8,15-17,19,25,30,36H,2,6,9-14,18H2,1H3. The number of nitrogens with zero attached hydrogens (tertiary/aromatic N) is 7. The number of amides is 1. The first-order valence-corrected chi connectivity index (χ1v) is 15.3. The van der Waals surface area contributed by atoms with Crippen molar-refractivity contribution < 1.29 is 32.6 Å². The Morgan fingerprint density at radius 3 is 2.80 bits per heavy atom. The average molecular weight is 659 g/mol. The minimum Gasteiger partial charge on any atom is -0.466 e. The van der Waals surface area contributed by atoms with Crippen LogP contribution in [0.15, 0.2) is 49.1 Å². The summed E-state index contributed by atoms with van der Waals surface area (Å²) in [5.74, 6) is -0.928. The van der Waals surface area contributed by atoms with Gasteiger partial charge in [-0.2, -0.15) is 19.0 Å². The Hall–Kier alpha value is -4.34. The van der Waals surface area contributed by atoms with Gasteiger partial charge in [0.15, 0.2) is 5.65 Å². The van der Waals surface area contributed by atoms with Crippen molar-refractivity contribution in [3.63, 3.8) is 0 Å². The number of carbonyl (C=O) groups is 2. The van der Waals surface area contributed by atoms with Gasteiger partial charge in [-0.3, -0.25) is 19.2 Å². The van der Waals surface area contributed by atoms with Gasteiger partial charge in [-0.1, -0.05) is 11.6 Å². The van der Waals surface area contributed by atoms with Crippen LogP contribution in [0.25, 0.3) is 16.9 Å². The number of benzene rings is 1. The minimum absolute atomic E-state index is 0.134. The lowest BCUT2D eigenvalue weighted by Gasteiger charge is -2.45. The van der Waals surface area contributed by atoms with Crippen molar-refractivity contribution in [1.29, 1.82) is 0 Å². The molecule has 244 valence electrons. The molecule has 4 aromatic rings. The van der Waals surface area contributed by atoms with Gasteiger partial charge in [-0.05, 0) is 44.0 Å². The quantitative estimate of drug-likeness (QED) is 0.249. The molecule has 1 N–H and O–H groups in total. The molecule has 0 bridgehead atoms. The minimum atomic E-state index is -3.08. The van der Waals surface area contributed by atoms with Crippen LogP contribution in [-0.2, 0) is 25.6 Å². The number of rotatable bonds is 10. The number of likely N-dealkylation sites (tertiary alicyclic amines) is 1. The summed E-state index contributed by atoms with van der Waals surface area (Å²) in [6, 6.07) is 5.99. The van der Waals surface area contributed by atoms with Crippen LogP contribution in [0.1, 0.15) is 19.8 Å². The molecule has 0 aliphatic carbocycles. The summed E-state index contributed by atoms with van der Waals surface area (Å²) in [6.07, 6.45) is 7.13. The SMILES string of the molecule is CCOC(=O)C1CCN(C(=O)Cn2cc(Nc3cnn4cccnc34)c(-c3cc(Cl)ccc3OC(F)F)n2)C(N2CCOCC2)C1. The number of fused-ring (bicyclic) bond motifs is 1. The largest absolute Gasteiger partial charge is 0.466 e. The third-order valence-electron chi connectivity index (χ3n) is 8.00. The predicted molar refractivity (Wildman–Crippen MR) is 163 cm³/mol. The zero-order chi connectivity index (χ0) is 32.2. The number of piperidine rings is 1. The van der Waals surface area contributed by atoms with E-state index in [4.69, 9.17) is 25.8 Å². The second-order valence-corrected chi connectivity index (χ2v) is 11.3. The predicted octanol–water partition coefficient (Wildman–Crippen LogP) is 4.05. The van der Waals surface area contributed by atoms with E-state index in [2.05, 4.69) is 25.4 Å². The molecule has 16 heteroatoms. The van der Waals surface area contributed by atoms with Gasteiger partial charge in [0, 0.05) is 48.8 Å². The van der Waals surface area contributed by atoms with Crippen molar-refractivity contribution in [2.45, 2.75) is 39.1 Å². The fourth-order valence-corrected chi connectivity index (χ4v) is 6.07. The van der Waals surface area contributed by atoms with Gasteiger partial charge in [0.1, 0.15) is 23.7 Å². The molecule has 13 nitrogen and oxygen atoms in total. The van der Waals surface area contributed by atoms with Crippen LogP contribution in [0.2, 0.25) is 5.02 Å². The summed E-state index contributed by atoms with van der Waals surface area (Å²) in [6.45, 7) is 1.49. The van der Waals surface area contributed by atoms with E-state index in [1.807, 2.05) is 0 Å². The summed E-state index contributed by atoms with van der Waals surface area (Å²) >= 11 is 6.28.